The first-order valence-corrected chi connectivity index (χ1v) is 9.35. The molecule has 1 saturated carbocycles. The van der Waals surface area contributed by atoms with Crippen molar-refractivity contribution in [3.63, 3.8) is 0 Å². The Hall–Kier alpha value is -1.55. The van der Waals surface area contributed by atoms with Crippen molar-refractivity contribution in [2.75, 3.05) is 26.7 Å². The maximum absolute atomic E-state index is 12.5. The van der Waals surface area contributed by atoms with Gasteiger partial charge in [-0.25, -0.2) is 0 Å². The fourth-order valence-corrected chi connectivity index (χ4v) is 3.65. The molecule has 1 aromatic rings. The van der Waals surface area contributed by atoms with Gasteiger partial charge >= 0.3 is 0 Å². The number of amides is 1. The van der Waals surface area contributed by atoms with Gasteiger partial charge in [-0.15, -0.1) is 0 Å². The zero-order chi connectivity index (χ0) is 17.4. The van der Waals surface area contributed by atoms with Gasteiger partial charge in [0, 0.05) is 12.5 Å². The van der Waals surface area contributed by atoms with Crippen LogP contribution in [0.15, 0.2) is 24.3 Å². The number of ether oxygens (including phenoxy) is 1. The highest BCUT2D eigenvalue weighted by Crippen LogP contribution is 2.25. The summed E-state index contributed by atoms with van der Waals surface area (Å²) in [5.74, 6) is 1.32. The number of rotatable bonds is 8. The van der Waals surface area contributed by atoms with E-state index in [0.29, 0.717) is 6.54 Å². The topological polar surface area (TPSA) is 41.6 Å². The third-order valence-corrected chi connectivity index (χ3v) is 5.20. The summed E-state index contributed by atoms with van der Waals surface area (Å²) >= 11 is 0. The van der Waals surface area contributed by atoms with Gasteiger partial charge in [0.05, 0.1) is 13.2 Å². The summed E-state index contributed by atoms with van der Waals surface area (Å²) in [6, 6.07) is 8.41. The fourth-order valence-electron chi connectivity index (χ4n) is 3.65. The Morgan fingerprint density at radius 1 is 1.17 bits per heavy atom. The van der Waals surface area contributed by atoms with E-state index in [0.717, 1.165) is 31.7 Å². The third kappa shape index (κ3) is 4.97. The molecule has 1 aliphatic rings. The van der Waals surface area contributed by atoms with Gasteiger partial charge in [-0.1, -0.05) is 45.2 Å². The zero-order valence-electron chi connectivity index (χ0n) is 15.4. The van der Waals surface area contributed by atoms with Crippen LogP contribution in [0.5, 0.6) is 5.75 Å². The van der Waals surface area contributed by atoms with E-state index >= 15 is 0 Å². The molecule has 1 fully saturated rings. The Kier molecular flexibility index (Phi) is 7.57. The Labute approximate surface area is 146 Å². The van der Waals surface area contributed by atoms with Gasteiger partial charge in [0.1, 0.15) is 5.75 Å². The summed E-state index contributed by atoms with van der Waals surface area (Å²) in [5, 5.41) is 3.22. The largest absolute Gasteiger partial charge is 0.497 e. The Balaban J connectivity index is 2.03. The molecule has 0 aliphatic heterocycles. The molecule has 0 radical (unpaired) electrons. The summed E-state index contributed by atoms with van der Waals surface area (Å²) < 4.78 is 5.26. The number of carbonyl (C=O) groups excluding carboxylic acids is 1. The first kappa shape index (κ1) is 18.8. The number of hydrogen-bond donors (Lipinski definition) is 1. The molecule has 4 nitrogen and oxygen atoms in total. The van der Waals surface area contributed by atoms with Gasteiger partial charge < -0.3 is 10.1 Å². The molecule has 1 amide bonds. The van der Waals surface area contributed by atoms with Crippen LogP contribution in [0.25, 0.3) is 0 Å². The molecule has 24 heavy (non-hydrogen) atoms. The molecule has 1 aliphatic carbocycles. The number of nitrogens with zero attached hydrogens (tertiary/aromatic N) is 1. The van der Waals surface area contributed by atoms with Crippen LogP contribution in [0.1, 0.15) is 57.6 Å². The minimum Gasteiger partial charge on any atom is -0.497 e. The van der Waals surface area contributed by atoms with Crippen LogP contribution in [-0.4, -0.2) is 37.6 Å². The average Bonchev–Trinajstić information content (AvgIpc) is 2.65. The summed E-state index contributed by atoms with van der Waals surface area (Å²) in [4.78, 5) is 14.9. The first-order chi connectivity index (χ1) is 11.7. The standard InChI is InChI=1S/C20H32N2O2/c1-4-22(5-2)19(16-11-13-18(24-3)14-12-16)15-21-20(23)17-9-7-6-8-10-17/h11-14,17,19H,4-10,15H2,1-3H3,(H,21,23). The number of likely N-dealkylation sites (N-methyl/N-ethyl adjacent to an activating group) is 1. The van der Waals surface area contributed by atoms with Crippen molar-refractivity contribution in [3.05, 3.63) is 29.8 Å². The quantitative estimate of drug-likeness (QED) is 0.788. The van der Waals surface area contributed by atoms with Crippen LogP contribution in [0.4, 0.5) is 0 Å². The molecule has 0 spiro atoms. The predicted octanol–water partition coefficient (Wildman–Crippen LogP) is 3.77. The van der Waals surface area contributed by atoms with E-state index in [2.05, 4.69) is 36.2 Å². The molecule has 0 aromatic heterocycles. The van der Waals surface area contributed by atoms with Crippen molar-refractivity contribution >= 4 is 5.91 Å². The van der Waals surface area contributed by atoms with E-state index in [1.54, 1.807) is 7.11 Å². The number of hydrogen-bond acceptors (Lipinski definition) is 3. The predicted molar refractivity (Wildman–Crippen MR) is 98.2 cm³/mol. The maximum Gasteiger partial charge on any atom is 0.223 e. The first-order valence-electron chi connectivity index (χ1n) is 9.35. The normalized spacial score (nSPS) is 16.8. The Morgan fingerprint density at radius 2 is 1.79 bits per heavy atom. The molecular weight excluding hydrogens is 300 g/mol. The third-order valence-electron chi connectivity index (χ3n) is 5.20. The fraction of sp³-hybridized carbons (Fsp3) is 0.650. The van der Waals surface area contributed by atoms with Crippen LogP contribution >= 0.6 is 0 Å². The number of carbonyl (C=O) groups is 1. The van der Waals surface area contributed by atoms with Crippen LogP contribution in [0, 0.1) is 5.92 Å². The second-order valence-electron chi connectivity index (χ2n) is 6.59. The molecule has 0 bridgehead atoms. The van der Waals surface area contributed by atoms with E-state index in [9.17, 15) is 4.79 Å². The van der Waals surface area contributed by atoms with E-state index in [4.69, 9.17) is 4.74 Å². The highest BCUT2D eigenvalue weighted by molar-refractivity contribution is 5.78. The second kappa shape index (κ2) is 9.67. The Bertz CT molecular complexity index is 491. The molecular formula is C20H32N2O2. The average molecular weight is 332 g/mol. The lowest BCUT2D eigenvalue weighted by molar-refractivity contribution is -0.126. The zero-order valence-corrected chi connectivity index (χ0v) is 15.4. The lowest BCUT2D eigenvalue weighted by Crippen LogP contribution is -2.40. The molecule has 2 rings (SSSR count). The van der Waals surface area contributed by atoms with E-state index < -0.39 is 0 Å². The number of methoxy groups -OCH3 is 1. The lowest BCUT2D eigenvalue weighted by atomic mass is 9.88. The van der Waals surface area contributed by atoms with Gasteiger partial charge in [-0.05, 0) is 43.6 Å². The molecule has 1 atom stereocenters. The highest BCUT2D eigenvalue weighted by atomic mass is 16.5. The van der Waals surface area contributed by atoms with Gasteiger partial charge in [0.25, 0.3) is 0 Å². The highest BCUT2D eigenvalue weighted by Gasteiger charge is 2.23. The number of benzene rings is 1. The number of nitrogens with one attached hydrogen (secondary N) is 1. The monoisotopic (exact) mass is 332 g/mol. The van der Waals surface area contributed by atoms with E-state index in [1.165, 1.54) is 24.8 Å². The van der Waals surface area contributed by atoms with Crippen molar-refractivity contribution in [2.45, 2.75) is 52.0 Å². The van der Waals surface area contributed by atoms with Crippen LogP contribution < -0.4 is 10.1 Å². The molecule has 0 heterocycles. The van der Waals surface area contributed by atoms with Crippen LogP contribution in [-0.2, 0) is 4.79 Å². The van der Waals surface area contributed by atoms with Gasteiger partial charge in [0.15, 0.2) is 0 Å². The summed E-state index contributed by atoms with van der Waals surface area (Å²) in [7, 11) is 1.68. The molecule has 1 unspecified atom stereocenters. The molecule has 134 valence electrons. The minimum absolute atomic E-state index is 0.207. The van der Waals surface area contributed by atoms with Crippen molar-refractivity contribution in [1.82, 2.24) is 10.2 Å². The van der Waals surface area contributed by atoms with Crippen LogP contribution in [0.2, 0.25) is 0 Å². The maximum atomic E-state index is 12.5. The summed E-state index contributed by atoms with van der Waals surface area (Å²) in [5.41, 5.74) is 1.23. The van der Waals surface area contributed by atoms with Gasteiger partial charge in [0.2, 0.25) is 5.91 Å². The van der Waals surface area contributed by atoms with E-state index in [-0.39, 0.29) is 17.9 Å². The van der Waals surface area contributed by atoms with Crippen molar-refractivity contribution in [1.29, 1.82) is 0 Å². The van der Waals surface area contributed by atoms with Gasteiger partial charge in [-0.3, -0.25) is 9.69 Å². The smallest absolute Gasteiger partial charge is 0.223 e. The van der Waals surface area contributed by atoms with Crippen molar-refractivity contribution < 1.29 is 9.53 Å². The van der Waals surface area contributed by atoms with Crippen molar-refractivity contribution in [2.24, 2.45) is 5.92 Å². The molecule has 0 saturated heterocycles. The lowest BCUT2D eigenvalue weighted by Gasteiger charge is -2.31. The molecule has 1 N–H and O–H groups in total. The SMILES string of the molecule is CCN(CC)C(CNC(=O)C1CCCCC1)c1ccc(OC)cc1. The molecule has 1 aromatic carbocycles. The van der Waals surface area contributed by atoms with Crippen molar-refractivity contribution in [3.8, 4) is 5.75 Å². The summed E-state index contributed by atoms with van der Waals surface area (Å²) in [6.45, 7) is 6.94. The summed E-state index contributed by atoms with van der Waals surface area (Å²) in [6.07, 6.45) is 5.75. The second-order valence-corrected chi connectivity index (χ2v) is 6.59. The molecule has 4 heteroatoms. The van der Waals surface area contributed by atoms with Gasteiger partial charge in [-0.2, -0.15) is 0 Å². The van der Waals surface area contributed by atoms with Crippen LogP contribution in [0.3, 0.4) is 0 Å². The Morgan fingerprint density at radius 3 is 2.33 bits per heavy atom. The minimum atomic E-state index is 0.207. The van der Waals surface area contributed by atoms with E-state index in [1.807, 2.05) is 12.1 Å².